The summed E-state index contributed by atoms with van der Waals surface area (Å²) in [7, 11) is 0. The topological polar surface area (TPSA) is 118 Å². The minimum absolute atomic E-state index is 0.0658. The normalized spacial score (nSPS) is 11.0. The van der Waals surface area contributed by atoms with Crippen molar-refractivity contribution in [2.75, 3.05) is 31.6 Å². The molecule has 11 heteroatoms. The van der Waals surface area contributed by atoms with Crippen LogP contribution in [0.15, 0.2) is 63.9 Å². The van der Waals surface area contributed by atoms with E-state index in [2.05, 4.69) is 25.9 Å². The Morgan fingerprint density at radius 3 is 2.59 bits per heavy atom. The molecule has 0 aliphatic rings. The number of halogens is 2. The maximum Gasteiger partial charge on any atom is 0.321 e. The number of rotatable bonds is 10. The van der Waals surface area contributed by atoms with Crippen molar-refractivity contribution >= 4 is 6.01 Å². The molecule has 0 aliphatic heterocycles. The van der Waals surface area contributed by atoms with Crippen molar-refractivity contribution in [3.63, 3.8) is 0 Å². The molecule has 0 spiro atoms. The Hall–Kier alpha value is -3.96. The monoisotopic (exact) mass is 468 g/mol. The van der Waals surface area contributed by atoms with Crippen molar-refractivity contribution in [1.29, 1.82) is 0 Å². The molecule has 0 amide bonds. The molecule has 0 radical (unpaired) electrons. The lowest BCUT2D eigenvalue weighted by atomic mass is 10.1. The fourth-order valence-corrected chi connectivity index (χ4v) is 3.27. The molecule has 0 atom stereocenters. The number of aliphatic hydroxyl groups is 1. The lowest BCUT2D eigenvalue weighted by molar-refractivity contribution is 0.293. The van der Waals surface area contributed by atoms with Crippen LogP contribution in [0, 0.1) is 11.6 Å². The van der Waals surface area contributed by atoms with Crippen LogP contribution in [0.3, 0.4) is 0 Å². The molecule has 34 heavy (non-hydrogen) atoms. The van der Waals surface area contributed by atoms with Gasteiger partial charge >= 0.3 is 6.01 Å². The Balaban J connectivity index is 1.49. The van der Waals surface area contributed by atoms with Crippen LogP contribution in [0.2, 0.25) is 0 Å². The number of benzene rings is 2. The molecule has 176 valence electrons. The van der Waals surface area contributed by atoms with Gasteiger partial charge in [0.25, 0.3) is 5.56 Å². The molecular weight excluding hydrogens is 446 g/mol. The fraction of sp³-hybridized carbons (Fsp3) is 0.217. The first-order chi connectivity index (χ1) is 16.5. The highest BCUT2D eigenvalue weighted by molar-refractivity contribution is 5.59. The van der Waals surface area contributed by atoms with E-state index in [-0.39, 0.29) is 36.0 Å². The number of hydrogen-bond acceptors (Lipinski definition) is 8. The lowest BCUT2D eigenvalue weighted by Gasteiger charge is -2.08. The van der Waals surface area contributed by atoms with E-state index in [0.717, 1.165) is 23.8 Å². The first-order valence-corrected chi connectivity index (χ1v) is 10.5. The van der Waals surface area contributed by atoms with Crippen LogP contribution in [0.25, 0.3) is 22.6 Å². The van der Waals surface area contributed by atoms with E-state index >= 15 is 0 Å². The Labute approximate surface area is 193 Å². The van der Waals surface area contributed by atoms with Crippen LogP contribution in [-0.2, 0) is 6.54 Å². The highest BCUT2D eigenvalue weighted by Crippen LogP contribution is 2.21. The summed E-state index contributed by atoms with van der Waals surface area (Å²) in [6, 6.07) is 13.3. The number of nitrogens with one attached hydrogen (secondary N) is 2. The first kappa shape index (κ1) is 23.2. The van der Waals surface area contributed by atoms with Gasteiger partial charge in [0.2, 0.25) is 5.82 Å². The molecule has 0 aliphatic carbocycles. The Bertz CT molecular complexity index is 1300. The van der Waals surface area contributed by atoms with E-state index in [4.69, 9.17) is 9.63 Å². The van der Waals surface area contributed by atoms with E-state index in [9.17, 15) is 13.6 Å². The molecule has 0 unspecified atom stereocenters. The van der Waals surface area contributed by atoms with Gasteiger partial charge in [0, 0.05) is 42.9 Å². The second-order valence-electron chi connectivity index (χ2n) is 7.40. The maximum absolute atomic E-state index is 13.6. The average molecular weight is 468 g/mol. The smallest absolute Gasteiger partial charge is 0.321 e. The number of nitrogens with zero attached hydrogens (tertiary/aromatic N) is 4. The minimum atomic E-state index is -0.724. The number of aliphatic hydroxyl groups excluding tert-OH is 1. The van der Waals surface area contributed by atoms with E-state index in [1.165, 1.54) is 16.8 Å². The second kappa shape index (κ2) is 10.8. The van der Waals surface area contributed by atoms with Gasteiger partial charge in [-0.05, 0) is 29.8 Å². The van der Waals surface area contributed by atoms with Gasteiger partial charge < -0.3 is 20.3 Å². The molecule has 3 N–H and O–H groups in total. The predicted molar refractivity (Wildman–Crippen MR) is 121 cm³/mol. The zero-order chi connectivity index (χ0) is 23.9. The molecule has 2 heterocycles. The van der Waals surface area contributed by atoms with E-state index < -0.39 is 11.6 Å². The molecule has 4 aromatic rings. The molecule has 0 fully saturated rings. The van der Waals surface area contributed by atoms with Crippen molar-refractivity contribution in [3.8, 4) is 22.6 Å². The first-order valence-electron chi connectivity index (χ1n) is 10.5. The Morgan fingerprint density at radius 1 is 0.971 bits per heavy atom. The van der Waals surface area contributed by atoms with E-state index in [1.54, 1.807) is 12.1 Å². The van der Waals surface area contributed by atoms with Gasteiger partial charge in [0.1, 0.15) is 11.6 Å². The summed E-state index contributed by atoms with van der Waals surface area (Å²) in [5.74, 6) is -1.08. The van der Waals surface area contributed by atoms with Crippen molar-refractivity contribution in [2.24, 2.45) is 0 Å². The quantitative estimate of drug-likeness (QED) is 0.304. The SMILES string of the molecule is O=c1ccc(-c2cc(F)cc(F)c2)nn1Cc1cccc(-c2noc(NCCNCCO)n2)c1. The van der Waals surface area contributed by atoms with Crippen molar-refractivity contribution in [3.05, 3.63) is 82.1 Å². The largest absolute Gasteiger partial charge is 0.395 e. The molecule has 0 saturated carbocycles. The Morgan fingerprint density at radius 2 is 1.79 bits per heavy atom. The van der Waals surface area contributed by atoms with Crippen molar-refractivity contribution in [1.82, 2.24) is 25.2 Å². The summed E-state index contributed by atoms with van der Waals surface area (Å²) >= 11 is 0. The third-order valence-corrected chi connectivity index (χ3v) is 4.84. The van der Waals surface area contributed by atoms with Gasteiger partial charge in [-0.25, -0.2) is 13.5 Å². The van der Waals surface area contributed by atoms with Gasteiger partial charge in [-0.1, -0.05) is 23.4 Å². The van der Waals surface area contributed by atoms with E-state index in [1.807, 2.05) is 12.1 Å². The van der Waals surface area contributed by atoms with Crippen LogP contribution in [-0.4, -0.2) is 51.3 Å². The second-order valence-corrected chi connectivity index (χ2v) is 7.40. The summed E-state index contributed by atoms with van der Waals surface area (Å²) < 4.78 is 33.6. The maximum atomic E-state index is 13.6. The molecule has 0 bridgehead atoms. The van der Waals surface area contributed by atoms with Crippen molar-refractivity contribution < 1.29 is 18.4 Å². The van der Waals surface area contributed by atoms with Gasteiger partial charge in [-0.2, -0.15) is 10.1 Å². The highest BCUT2D eigenvalue weighted by atomic mass is 19.1. The lowest BCUT2D eigenvalue weighted by Crippen LogP contribution is -2.24. The molecular formula is C23H22F2N6O3. The summed E-state index contributed by atoms with van der Waals surface area (Å²) in [5, 5.41) is 23.0. The zero-order valence-corrected chi connectivity index (χ0v) is 18.0. The molecule has 4 rings (SSSR count). The number of aromatic nitrogens is 4. The predicted octanol–water partition coefficient (Wildman–Crippen LogP) is 2.28. The summed E-state index contributed by atoms with van der Waals surface area (Å²) in [5.41, 5.74) is 1.59. The Kier molecular flexibility index (Phi) is 7.35. The summed E-state index contributed by atoms with van der Waals surface area (Å²) in [4.78, 5) is 16.7. The van der Waals surface area contributed by atoms with Gasteiger partial charge in [-0.3, -0.25) is 4.79 Å². The minimum Gasteiger partial charge on any atom is -0.395 e. The van der Waals surface area contributed by atoms with Gasteiger partial charge in [0.05, 0.1) is 18.8 Å². The molecule has 2 aromatic carbocycles. The van der Waals surface area contributed by atoms with Crippen LogP contribution >= 0.6 is 0 Å². The van der Waals surface area contributed by atoms with E-state index in [0.29, 0.717) is 31.0 Å². The molecule has 0 saturated heterocycles. The third kappa shape index (κ3) is 5.88. The number of hydrogen-bond donors (Lipinski definition) is 3. The third-order valence-electron chi connectivity index (χ3n) is 4.84. The average Bonchev–Trinajstić information content (AvgIpc) is 3.29. The van der Waals surface area contributed by atoms with Crippen LogP contribution in [0.1, 0.15) is 5.56 Å². The zero-order valence-electron chi connectivity index (χ0n) is 18.0. The highest BCUT2D eigenvalue weighted by Gasteiger charge is 2.11. The van der Waals surface area contributed by atoms with Gasteiger partial charge in [-0.15, -0.1) is 0 Å². The standard InChI is InChI=1S/C23H22F2N6O3/c24-18-11-17(12-19(25)13-18)20-4-5-21(33)31(29-20)14-15-2-1-3-16(10-15)22-28-23(34-30-22)27-7-6-26-8-9-32/h1-5,10-13,26,32H,6-9,14H2,(H,27,28,30). The molecule has 2 aromatic heterocycles. The van der Waals surface area contributed by atoms with Crippen molar-refractivity contribution in [2.45, 2.75) is 6.54 Å². The number of anilines is 1. The fourth-order valence-electron chi connectivity index (χ4n) is 3.27. The van der Waals surface area contributed by atoms with Crippen LogP contribution in [0.5, 0.6) is 0 Å². The van der Waals surface area contributed by atoms with Crippen LogP contribution < -0.4 is 16.2 Å². The summed E-state index contributed by atoms with van der Waals surface area (Å²) in [6.07, 6.45) is 0. The van der Waals surface area contributed by atoms with Gasteiger partial charge in [0.15, 0.2) is 0 Å². The summed E-state index contributed by atoms with van der Waals surface area (Å²) in [6.45, 7) is 1.87. The van der Waals surface area contributed by atoms with Crippen LogP contribution in [0.4, 0.5) is 14.8 Å². The molecule has 9 nitrogen and oxygen atoms in total.